The smallest absolute Gasteiger partial charge is 0.307 e. The second-order valence-electron chi connectivity index (χ2n) is 7.05. The number of hydrogen-bond donors (Lipinski definition) is 2. The first kappa shape index (κ1) is 16.0. The molecule has 132 valence electrons. The molecular formula is C19H21NO5. The number of methoxy groups -OCH3 is 2. The minimum Gasteiger partial charge on any atom is -0.493 e. The molecule has 25 heavy (non-hydrogen) atoms. The molecule has 0 spiro atoms. The van der Waals surface area contributed by atoms with Crippen molar-refractivity contribution < 1.29 is 24.2 Å². The lowest BCUT2D eigenvalue weighted by molar-refractivity contribution is -0.152. The third-order valence-corrected chi connectivity index (χ3v) is 5.89. The number of rotatable bonds is 5. The van der Waals surface area contributed by atoms with Gasteiger partial charge in [-0.15, -0.1) is 0 Å². The Bertz CT molecular complexity index is 758. The molecule has 2 N–H and O–H groups in total. The molecule has 1 amide bonds. The number of hydrogen-bond acceptors (Lipinski definition) is 4. The average Bonchev–Trinajstić information content (AvgIpc) is 3.43. The zero-order valence-corrected chi connectivity index (χ0v) is 14.1. The summed E-state index contributed by atoms with van der Waals surface area (Å²) in [4.78, 5) is 24.7. The molecule has 6 nitrogen and oxygen atoms in total. The summed E-state index contributed by atoms with van der Waals surface area (Å²) in [5.74, 6) is -0.269. The van der Waals surface area contributed by atoms with E-state index in [1.54, 1.807) is 25.3 Å². The first-order chi connectivity index (χ1) is 12.0. The quantitative estimate of drug-likeness (QED) is 0.802. The van der Waals surface area contributed by atoms with Crippen molar-refractivity contribution in [1.82, 2.24) is 0 Å². The predicted octanol–water partition coefficient (Wildman–Crippen LogP) is 2.41. The Hall–Kier alpha value is -2.50. The lowest BCUT2D eigenvalue weighted by atomic mass is 9.62. The summed E-state index contributed by atoms with van der Waals surface area (Å²) < 4.78 is 10.5. The van der Waals surface area contributed by atoms with Gasteiger partial charge in [0.25, 0.3) is 0 Å². The van der Waals surface area contributed by atoms with Gasteiger partial charge in [-0.05, 0) is 42.2 Å². The highest BCUT2D eigenvalue weighted by molar-refractivity contribution is 5.96. The van der Waals surface area contributed by atoms with E-state index < -0.39 is 17.8 Å². The molecule has 6 heteroatoms. The van der Waals surface area contributed by atoms with Crippen molar-refractivity contribution in [2.75, 3.05) is 19.5 Å². The molecule has 5 rings (SSSR count). The molecule has 2 saturated carbocycles. The maximum Gasteiger partial charge on any atom is 0.307 e. The van der Waals surface area contributed by atoms with Gasteiger partial charge in [0.2, 0.25) is 5.91 Å². The minimum absolute atomic E-state index is 0.0198. The molecule has 0 aliphatic heterocycles. The van der Waals surface area contributed by atoms with Crippen molar-refractivity contribution in [1.29, 1.82) is 0 Å². The first-order valence-corrected chi connectivity index (χ1v) is 8.49. The predicted molar refractivity (Wildman–Crippen MR) is 90.5 cm³/mol. The van der Waals surface area contributed by atoms with Crippen molar-refractivity contribution in [3.63, 3.8) is 0 Å². The van der Waals surface area contributed by atoms with E-state index in [1.165, 1.54) is 7.11 Å². The van der Waals surface area contributed by atoms with Crippen LogP contribution in [0.25, 0.3) is 0 Å². The Morgan fingerprint density at radius 3 is 2.28 bits per heavy atom. The number of carboxylic acid groups (broad SMARTS) is 1. The van der Waals surface area contributed by atoms with Crippen LogP contribution in [0.15, 0.2) is 30.4 Å². The maximum atomic E-state index is 12.9. The highest BCUT2D eigenvalue weighted by Gasteiger charge is 2.62. The molecule has 0 heterocycles. The third-order valence-electron chi connectivity index (χ3n) is 5.89. The van der Waals surface area contributed by atoms with Crippen LogP contribution in [0.5, 0.6) is 11.5 Å². The van der Waals surface area contributed by atoms with Crippen LogP contribution in [0.3, 0.4) is 0 Å². The molecule has 6 atom stereocenters. The molecule has 2 bridgehead atoms. The number of carbonyl (C=O) groups excluding carboxylic acids is 1. The molecular weight excluding hydrogens is 322 g/mol. The largest absolute Gasteiger partial charge is 0.493 e. The second-order valence-corrected chi connectivity index (χ2v) is 7.05. The fraction of sp³-hybridized carbons (Fsp3) is 0.474. The Balaban J connectivity index is 1.58. The fourth-order valence-electron chi connectivity index (χ4n) is 4.71. The van der Waals surface area contributed by atoms with E-state index in [9.17, 15) is 14.7 Å². The number of aliphatic carboxylic acids is 1. The Labute approximate surface area is 145 Å². The van der Waals surface area contributed by atoms with Crippen LogP contribution in [0.2, 0.25) is 0 Å². The number of benzene rings is 1. The van der Waals surface area contributed by atoms with Gasteiger partial charge >= 0.3 is 5.97 Å². The van der Waals surface area contributed by atoms with Gasteiger partial charge in [-0.25, -0.2) is 0 Å². The summed E-state index contributed by atoms with van der Waals surface area (Å²) in [6.07, 6.45) is 5.10. The van der Waals surface area contributed by atoms with Crippen LogP contribution in [-0.4, -0.2) is 31.2 Å². The standard InChI is InChI=1S/C19H21NO5/c1-24-14-6-3-9(7-15(14)25-2)20-18(21)16-10-4-5-11(13-8-12(10)13)17(16)19(22)23/h3-7,10-13,16-17H,8H2,1-2H3,(H,20,21)(H,22,23)/t10-,11+,12+,13+,16-,17-/m0/s1. The van der Waals surface area contributed by atoms with E-state index in [4.69, 9.17) is 9.47 Å². The van der Waals surface area contributed by atoms with E-state index in [0.29, 0.717) is 29.0 Å². The lowest BCUT2D eigenvalue weighted by Gasteiger charge is -2.41. The SMILES string of the molecule is COc1ccc(NC(=O)[C@H]2[C@H]3C=C[C@H]([C@H]4C[C@H]34)[C@@H]2C(=O)O)cc1OC. The molecule has 1 aromatic rings. The average molecular weight is 343 g/mol. The summed E-state index contributed by atoms with van der Waals surface area (Å²) in [6, 6.07) is 5.13. The fourth-order valence-corrected chi connectivity index (χ4v) is 4.71. The van der Waals surface area contributed by atoms with Crippen molar-refractivity contribution in [2.45, 2.75) is 6.42 Å². The number of allylic oxidation sites excluding steroid dienone is 2. The van der Waals surface area contributed by atoms with Gasteiger partial charge < -0.3 is 19.9 Å². The van der Waals surface area contributed by atoms with Crippen molar-refractivity contribution in [3.8, 4) is 11.5 Å². The normalized spacial score (nSPS) is 34.2. The Kier molecular flexibility index (Phi) is 3.71. The number of carbonyl (C=O) groups is 2. The number of amides is 1. The van der Waals surface area contributed by atoms with Crippen LogP contribution < -0.4 is 14.8 Å². The zero-order chi connectivity index (χ0) is 17.7. The van der Waals surface area contributed by atoms with Crippen LogP contribution in [-0.2, 0) is 9.59 Å². The Morgan fingerprint density at radius 2 is 1.68 bits per heavy atom. The molecule has 0 unspecified atom stereocenters. The molecule has 0 saturated heterocycles. The van der Waals surface area contributed by atoms with E-state index in [1.807, 2.05) is 6.08 Å². The summed E-state index contributed by atoms with van der Waals surface area (Å²) in [6.45, 7) is 0. The molecule has 0 radical (unpaired) electrons. The van der Waals surface area contributed by atoms with E-state index >= 15 is 0 Å². The summed E-state index contributed by atoms with van der Waals surface area (Å²) in [7, 11) is 3.08. The molecule has 4 aliphatic carbocycles. The van der Waals surface area contributed by atoms with Crippen molar-refractivity contribution in [2.24, 2.45) is 35.5 Å². The monoisotopic (exact) mass is 343 g/mol. The van der Waals surface area contributed by atoms with Gasteiger partial charge in [-0.3, -0.25) is 9.59 Å². The van der Waals surface area contributed by atoms with Gasteiger partial charge in [0.1, 0.15) is 0 Å². The third kappa shape index (κ3) is 2.47. The van der Waals surface area contributed by atoms with Gasteiger partial charge in [-0.2, -0.15) is 0 Å². The number of carboxylic acids is 1. The van der Waals surface area contributed by atoms with E-state index in [2.05, 4.69) is 11.4 Å². The molecule has 2 fully saturated rings. The van der Waals surface area contributed by atoms with Crippen LogP contribution in [0.4, 0.5) is 5.69 Å². The van der Waals surface area contributed by atoms with Crippen molar-refractivity contribution in [3.05, 3.63) is 30.4 Å². The molecule has 1 aromatic carbocycles. The van der Waals surface area contributed by atoms with E-state index in [0.717, 1.165) is 6.42 Å². The van der Waals surface area contributed by atoms with Crippen LogP contribution in [0, 0.1) is 35.5 Å². The lowest BCUT2D eigenvalue weighted by Crippen LogP contribution is -2.48. The highest BCUT2D eigenvalue weighted by Crippen LogP contribution is 2.63. The first-order valence-electron chi connectivity index (χ1n) is 8.49. The van der Waals surface area contributed by atoms with E-state index in [-0.39, 0.29) is 17.7 Å². The van der Waals surface area contributed by atoms with Crippen LogP contribution >= 0.6 is 0 Å². The van der Waals surface area contributed by atoms with Crippen LogP contribution in [0.1, 0.15) is 6.42 Å². The topological polar surface area (TPSA) is 84.9 Å². The molecule has 0 aromatic heterocycles. The maximum absolute atomic E-state index is 12.9. The number of nitrogens with one attached hydrogen (secondary N) is 1. The highest BCUT2D eigenvalue weighted by atomic mass is 16.5. The van der Waals surface area contributed by atoms with Gasteiger partial charge in [0.05, 0.1) is 26.1 Å². The van der Waals surface area contributed by atoms with Gasteiger partial charge in [0, 0.05) is 11.8 Å². The second kappa shape index (κ2) is 5.79. The number of fused-ring (bicyclic) bond motifs is 1. The van der Waals surface area contributed by atoms with Gasteiger partial charge in [-0.1, -0.05) is 12.2 Å². The van der Waals surface area contributed by atoms with Gasteiger partial charge in [0.15, 0.2) is 11.5 Å². The Morgan fingerprint density at radius 1 is 1.04 bits per heavy atom. The summed E-state index contributed by atoms with van der Waals surface area (Å²) >= 11 is 0. The zero-order valence-electron chi connectivity index (χ0n) is 14.1. The van der Waals surface area contributed by atoms with Crippen molar-refractivity contribution >= 4 is 17.6 Å². The number of anilines is 1. The summed E-state index contributed by atoms with van der Waals surface area (Å²) in [5, 5.41) is 12.6. The molecule has 4 aliphatic rings. The number of ether oxygens (including phenoxy) is 2. The summed E-state index contributed by atoms with van der Waals surface area (Å²) in [5.41, 5.74) is 0.574. The minimum atomic E-state index is -0.878.